The molecule has 8 nitrogen and oxygen atoms in total. The lowest BCUT2D eigenvalue weighted by atomic mass is 9.97. The molecule has 0 aromatic heterocycles. The molecule has 0 unspecified atom stereocenters. The molecule has 0 atom stereocenters. The third-order valence-corrected chi connectivity index (χ3v) is 7.30. The Labute approximate surface area is 292 Å². The number of aldehydes is 1. The van der Waals surface area contributed by atoms with Gasteiger partial charge in [-0.3, -0.25) is 0 Å². The van der Waals surface area contributed by atoms with Gasteiger partial charge in [-0.2, -0.15) is 0 Å². The van der Waals surface area contributed by atoms with E-state index in [1.165, 1.54) is 12.1 Å². The first-order valence-electron chi connectivity index (χ1n) is 15.4. The van der Waals surface area contributed by atoms with E-state index in [0.717, 1.165) is 40.9 Å². The van der Waals surface area contributed by atoms with Crippen LogP contribution in [0, 0.1) is 11.6 Å². The molecule has 0 fully saturated rings. The number of rotatable bonds is 12. The number of hydrogen-bond acceptors (Lipinski definition) is 8. The van der Waals surface area contributed by atoms with Gasteiger partial charge in [0.25, 0.3) is 0 Å². The summed E-state index contributed by atoms with van der Waals surface area (Å²) in [5.74, 6) is -2.50. The fourth-order valence-electron chi connectivity index (χ4n) is 4.78. The van der Waals surface area contributed by atoms with Crippen molar-refractivity contribution in [3.8, 4) is 45.3 Å². The highest BCUT2D eigenvalue weighted by molar-refractivity contribution is 5.90. The first-order valence-corrected chi connectivity index (χ1v) is 15.4. The molecule has 0 N–H and O–H groups in total. The van der Waals surface area contributed by atoms with Crippen molar-refractivity contribution in [3.05, 3.63) is 146 Å². The van der Waals surface area contributed by atoms with Crippen molar-refractivity contribution in [2.45, 2.75) is 12.8 Å². The maximum atomic E-state index is 15.0. The van der Waals surface area contributed by atoms with Crippen molar-refractivity contribution in [1.29, 1.82) is 0 Å². The molecule has 0 heterocycles. The quantitative estimate of drug-likeness (QED) is 0.0555. The van der Waals surface area contributed by atoms with Crippen molar-refractivity contribution in [1.82, 2.24) is 0 Å². The molecule has 0 saturated carbocycles. The molecule has 0 aliphatic heterocycles. The Balaban J connectivity index is 0.000000253. The van der Waals surface area contributed by atoms with Crippen molar-refractivity contribution in [3.63, 3.8) is 0 Å². The molecule has 51 heavy (non-hydrogen) atoms. The van der Waals surface area contributed by atoms with E-state index >= 15 is 0 Å². The van der Waals surface area contributed by atoms with Crippen LogP contribution in [-0.4, -0.2) is 31.3 Å². The van der Waals surface area contributed by atoms with Crippen LogP contribution in [0.15, 0.2) is 129 Å². The maximum Gasteiger partial charge on any atom is 0.335 e. The summed E-state index contributed by atoms with van der Waals surface area (Å²) in [5, 5.41) is 1.60. The number of esters is 3. The average Bonchev–Trinajstić information content (AvgIpc) is 3.15. The predicted molar refractivity (Wildman–Crippen MR) is 190 cm³/mol. The van der Waals surface area contributed by atoms with E-state index in [1.54, 1.807) is 86.0 Å². The van der Waals surface area contributed by atoms with Gasteiger partial charge in [-0.05, 0) is 76.3 Å². The Hall–Kier alpha value is -6.68. The first-order chi connectivity index (χ1) is 24.6. The number of aryl methyl sites for hydroxylation is 1. The van der Waals surface area contributed by atoms with Gasteiger partial charge in [-0.25, -0.2) is 23.2 Å². The Bertz CT molecular complexity index is 2120. The summed E-state index contributed by atoms with van der Waals surface area (Å²) >= 11 is 0. The molecular weight excluding hydrogens is 658 g/mol. The van der Waals surface area contributed by atoms with Crippen molar-refractivity contribution < 1.29 is 46.9 Å². The van der Waals surface area contributed by atoms with Crippen LogP contribution in [0.25, 0.3) is 33.0 Å². The number of carbonyl (C=O) groups excluding carboxylic acids is 4. The van der Waals surface area contributed by atoms with Crippen LogP contribution in [0.1, 0.15) is 12.0 Å². The summed E-state index contributed by atoms with van der Waals surface area (Å²) in [6.07, 6.45) is 4.72. The molecule has 0 saturated heterocycles. The topological polar surface area (TPSA) is 105 Å². The molecule has 5 rings (SSSR count). The largest absolute Gasteiger partial charge is 0.497 e. The van der Waals surface area contributed by atoms with Crippen LogP contribution in [-0.2, 0) is 25.6 Å². The van der Waals surface area contributed by atoms with Crippen molar-refractivity contribution in [2.24, 2.45) is 0 Å². The van der Waals surface area contributed by atoms with Crippen molar-refractivity contribution in [2.75, 3.05) is 7.11 Å². The van der Waals surface area contributed by atoms with Gasteiger partial charge in [0.2, 0.25) is 0 Å². The second kappa shape index (κ2) is 17.6. The third kappa shape index (κ3) is 9.70. The number of ether oxygens (including phenoxy) is 4. The standard InChI is InChI=1S/C26H18F2O3.C15H14O5/c1-3-24(29)31-21-11-8-17-14-19(5-4-18(17)15-21)23-13-12-22(25(27)26(23)28)16-6-9-20(30-2)10-7-16;1-3-14(17)19-12-8-7-11(6-5-9-16)10-13(12)20-15(18)4-2/h3-15H,1H2,2H3;3-4,7-10H,1-2,5-6H2. The lowest BCUT2D eigenvalue weighted by Gasteiger charge is -2.11. The zero-order chi connectivity index (χ0) is 36.9. The molecule has 0 bridgehead atoms. The molecule has 0 radical (unpaired) electrons. The summed E-state index contributed by atoms with van der Waals surface area (Å²) in [4.78, 5) is 44.2. The number of halogens is 2. The van der Waals surface area contributed by atoms with E-state index in [0.29, 0.717) is 35.5 Å². The van der Waals surface area contributed by atoms with Crippen LogP contribution < -0.4 is 18.9 Å². The van der Waals surface area contributed by atoms with Gasteiger partial charge in [0.15, 0.2) is 23.1 Å². The van der Waals surface area contributed by atoms with Gasteiger partial charge >= 0.3 is 17.9 Å². The maximum absolute atomic E-state index is 15.0. The fraction of sp³-hybridized carbons (Fsp3) is 0.0732. The third-order valence-electron chi connectivity index (χ3n) is 7.30. The Morgan fingerprint density at radius 3 is 1.75 bits per heavy atom. The summed E-state index contributed by atoms with van der Waals surface area (Å²) in [6.45, 7) is 9.94. The van der Waals surface area contributed by atoms with E-state index in [2.05, 4.69) is 19.7 Å². The summed E-state index contributed by atoms with van der Waals surface area (Å²) < 4.78 is 50.0. The van der Waals surface area contributed by atoms with Crippen LogP contribution in [0.4, 0.5) is 8.78 Å². The molecule has 0 aliphatic carbocycles. The Kier molecular flexibility index (Phi) is 12.8. The summed E-state index contributed by atoms with van der Waals surface area (Å²) in [7, 11) is 1.54. The van der Waals surface area contributed by atoms with Crippen LogP contribution >= 0.6 is 0 Å². The number of carbonyl (C=O) groups is 4. The van der Waals surface area contributed by atoms with Crippen LogP contribution in [0.5, 0.6) is 23.0 Å². The summed E-state index contributed by atoms with van der Waals surface area (Å²) in [5.41, 5.74) is 2.23. The molecule has 5 aromatic carbocycles. The number of fused-ring (bicyclic) bond motifs is 1. The van der Waals surface area contributed by atoms with Gasteiger partial charge in [0, 0.05) is 35.8 Å². The smallest absolute Gasteiger partial charge is 0.335 e. The molecule has 5 aromatic rings. The van der Waals surface area contributed by atoms with E-state index in [4.69, 9.17) is 18.9 Å². The van der Waals surface area contributed by atoms with Gasteiger partial charge in [0.05, 0.1) is 7.11 Å². The zero-order valence-corrected chi connectivity index (χ0v) is 27.5. The van der Waals surface area contributed by atoms with Gasteiger partial charge in [0.1, 0.15) is 17.8 Å². The highest BCUT2D eigenvalue weighted by Gasteiger charge is 2.17. The fourth-order valence-corrected chi connectivity index (χ4v) is 4.78. The minimum Gasteiger partial charge on any atom is -0.497 e. The average molecular weight is 691 g/mol. The monoisotopic (exact) mass is 690 g/mol. The zero-order valence-electron chi connectivity index (χ0n) is 27.5. The van der Waals surface area contributed by atoms with E-state index in [9.17, 15) is 28.0 Å². The highest BCUT2D eigenvalue weighted by atomic mass is 19.2. The minimum absolute atomic E-state index is 0.0912. The summed E-state index contributed by atoms with van der Waals surface area (Å²) in [6, 6.07) is 24.9. The Morgan fingerprint density at radius 2 is 1.14 bits per heavy atom. The Morgan fingerprint density at radius 1 is 0.608 bits per heavy atom. The second-order valence-corrected chi connectivity index (χ2v) is 10.6. The van der Waals surface area contributed by atoms with E-state index in [1.807, 2.05) is 0 Å². The minimum atomic E-state index is -0.913. The number of hydrogen-bond donors (Lipinski definition) is 0. The SMILES string of the molecule is C=CC(=O)Oc1ccc(CCC=O)cc1OC(=O)C=C.C=CC(=O)Oc1ccc2cc(-c3ccc(-c4ccc(OC)cc4)c(F)c3F)ccc2c1. The van der Waals surface area contributed by atoms with Crippen molar-refractivity contribution >= 4 is 35.0 Å². The highest BCUT2D eigenvalue weighted by Crippen LogP contribution is 2.34. The number of benzene rings is 5. The number of methoxy groups -OCH3 is 1. The second-order valence-electron chi connectivity index (χ2n) is 10.6. The van der Waals surface area contributed by atoms with Gasteiger partial charge in [-0.1, -0.05) is 68.3 Å². The lowest BCUT2D eigenvalue weighted by molar-refractivity contribution is -0.131. The van der Waals surface area contributed by atoms with E-state index in [-0.39, 0.29) is 22.6 Å². The molecule has 0 aliphatic rings. The molecule has 258 valence electrons. The molecule has 10 heteroatoms. The van der Waals surface area contributed by atoms with E-state index < -0.39 is 29.5 Å². The van der Waals surface area contributed by atoms with Gasteiger partial charge < -0.3 is 23.7 Å². The van der Waals surface area contributed by atoms with Crippen LogP contribution in [0.3, 0.4) is 0 Å². The molecular formula is C41H32F2O8. The molecule has 0 amide bonds. The normalized spacial score (nSPS) is 10.2. The van der Waals surface area contributed by atoms with Gasteiger partial charge in [-0.15, -0.1) is 0 Å². The van der Waals surface area contributed by atoms with Crippen LogP contribution in [0.2, 0.25) is 0 Å². The molecule has 0 spiro atoms. The lowest BCUT2D eigenvalue weighted by Crippen LogP contribution is -2.09. The predicted octanol–water partition coefficient (Wildman–Crippen LogP) is 8.55. The first kappa shape index (κ1) is 37.1.